The smallest absolute Gasteiger partial charge is 0.336 e. The Hall–Kier alpha value is -1.88. The van der Waals surface area contributed by atoms with Crippen LogP contribution in [0, 0.1) is 0 Å². The molecule has 2 rings (SSSR count). The largest absolute Gasteiger partial charge is 0.451 e. The van der Waals surface area contributed by atoms with Crippen molar-refractivity contribution in [1.29, 1.82) is 0 Å². The Kier molecular flexibility index (Phi) is 4.52. The van der Waals surface area contributed by atoms with E-state index in [1.54, 1.807) is 19.1 Å². The van der Waals surface area contributed by atoms with Gasteiger partial charge in [-0.3, -0.25) is 4.79 Å². The van der Waals surface area contributed by atoms with Gasteiger partial charge in [0.05, 0.1) is 0 Å². The summed E-state index contributed by atoms with van der Waals surface area (Å²) in [6, 6.07) is 9.03. The maximum absolute atomic E-state index is 11.8. The molecule has 1 saturated heterocycles. The van der Waals surface area contributed by atoms with Crippen molar-refractivity contribution in [2.75, 3.05) is 11.9 Å². The SMILES string of the molecule is C[C@H](OC(=O)[C@@H]1CCCO1)C(=O)Nc1ccccc1. The molecule has 1 aliphatic heterocycles. The van der Waals surface area contributed by atoms with Gasteiger partial charge in [0.25, 0.3) is 5.91 Å². The molecule has 19 heavy (non-hydrogen) atoms. The fourth-order valence-corrected chi connectivity index (χ4v) is 1.83. The van der Waals surface area contributed by atoms with E-state index in [-0.39, 0.29) is 5.91 Å². The molecule has 0 aromatic heterocycles. The van der Waals surface area contributed by atoms with Gasteiger partial charge in [-0.1, -0.05) is 18.2 Å². The molecule has 1 aliphatic rings. The summed E-state index contributed by atoms with van der Waals surface area (Å²) in [5, 5.41) is 2.68. The molecule has 0 spiro atoms. The zero-order valence-electron chi connectivity index (χ0n) is 10.8. The average Bonchev–Trinajstić information content (AvgIpc) is 2.93. The predicted octanol–water partition coefficient (Wildman–Crippen LogP) is 1.74. The summed E-state index contributed by atoms with van der Waals surface area (Å²) < 4.78 is 10.3. The van der Waals surface area contributed by atoms with Crippen LogP contribution in [0.2, 0.25) is 0 Å². The molecule has 0 unspecified atom stereocenters. The van der Waals surface area contributed by atoms with Crippen LogP contribution in [0.5, 0.6) is 0 Å². The number of hydrogen-bond acceptors (Lipinski definition) is 4. The first-order chi connectivity index (χ1) is 9.16. The number of rotatable bonds is 4. The van der Waals surface area contributed by atoms with Crippen molar-refractivity contribution in [3.63, 3.8) is 0 Å². The van der Waals surface area contributed by atoms with Crippen molar-refractivity contribution < 1.29 is 19.1 Å². The Balaban J connectivity index is 1.83. The third-order valence-corrected chi connectivity index (χ3v) is 2.90. The van der Waals surface area contributed by atoms with E-state index >= 15 is 0 Å². The van der Waals surface area contributed by atoms with Crippen LogP contribution >= 0.6 is 0 Å². The number of carbonyl (C=O) groups excluding carboxylic acids is 2. The molecule has 5 heteroatoms. The van der Waals surface area contributed by atoms with Crippen LogP contribution in [0.4, 0.5) is 5.69 Å². The Morgan fingerprint density at radius 3 is 2.74 bits per heavy atom. The van der Waals surface area contributed by atoms with Gasteiger partial charge >= 0.3 is 5.97 Å². The molecule has 0 aliphatic carbocycles. The fraction of sp³-hybridized carbons (Fsp3) is 0.429. The molecule has 2 atom stereocenters. The lowest BCUT2D eigenvalue weighted by Crippen LogP contribution is -2.33. The molecule has 5 nitrogen and oxygen atoms in total. The second-order valence-electron chi connectivity index (χ2n) is 4.44. The average molecular weight is 263 g/mol. The van der Waals surface area contributed by atoms with Crippen molar-refractivity contribution in [2.45, 2.75) is 32.0 Å². The molecule has 0 saturated carbocycles. The van der Waals surface area contributed by atoms with E-state index in [1.807, 2.05) is 18.2 Å². The molecule has 1 aromatic rings. The van der Waals surface area contributed by atoms with Crippen LogP contribution in [-0.4, -0.2) is 30.7 Å². The number of esters is 1. The lowest BCUT2D eigenvalue weighted by atomic mass is 10.2. The monoisotopic (exact) mass is 263 g/mol. The topological polar surface area (TPSA) is 64.6 Å². The van der Waals surface area contributed by atoms with Gasteiger partial charge in [0.2, 0.25) is 0 Å². The maximum atomic E-state index is 11.8. The highest BCUT2D eigenvalue weighted by atomic mass is 16.6. The zero-order chi connectivity index (χ0) is 13.7. The number of hydrogen-bond donors (Lipinski definition) is 1. The van der Waals surface area contributed by atoms with E-state index in [0.717, 1.165) is 6.42 Å². The van der Waals surface area contributed by atoms with Crippen LogP contribution < -0.4 is 5.32 Å². The number of nitrogens with one attached hydrogen (secondary N) is 1. The highest BCUT2D eigenvalue weighted by molar-refractivity contribution is 5.95. The van der Waals surface area contributed by atoms with Gasteiger partial charge in [-0.15, -0.1) is 0 Å². The molecule has 102 valence electrons. The third kappa shape index (κ3) is 3.79. The lowest BCUT2D eigenvalue weighted by Gasteiger charge is -2.15. The van der Waals surface area contributed by atoms with E-state index in [1.165, 1.54) is 0 Å². The molecule has 1 aromatic carbocycles. The second kappa shape index (κ2) is 6.33. The summed E-state index contributed by atoms with van der Waals surface area (Å²) in [6.07, 6.45) is 0.153. The van der Waals surface area contributed by atoms with Crippen LogP contribution in [0.1, 0.15) is 19.8 Å². The van der Waals surface area contributed by atoms with Crippen LogP contribution in [0.15, 0.2) is 30.3 Å². The van der Waals surface area contributed by atoms with Crippen LogP contribution in [-0.2, 0) is 19.1 Å². The van der Waals surface area contributed by atoms with Gasteiger partial charge in [0.15, 0.2) is 12.2 Å². The van der Waals surface area contributed by atoms with Crippen LogP contribution in [0.3, 0.4) is 0 Å². The van der Waals surface area contributed by atoms with Gasteiger partial charge in [-0.2, -0.15) is 0 Å². The minimum atomic E-state index is -0.836. The minimum Gasteiger partial charge on any atom is -0.451 e. The Morgan fingerprint density at radius 1 is 1.37 bits per heavy atom. The summed E-state index contributed by atoms with van der Waals surface area (Å²) in [5.74, 6) is -0.814. The Bertz CT molecular complexity index is 440. The Labute approximate surface area is 111 Å². The third-order valence-electron chi connectivity index (χ3n) is 2.90. The zero-order valence-corrected chi connectivity index (χ0v) is 10.8. The van der Waals surface area contributed by atoms with Crippen molar-refractivity contribution in [1.82, 2.24) is 0 Å². The first kappa shape index (κ1) is 13.5. The minimum absolute atomic E-state index is 0.349. The summed E-state index contributed by atoms with van der Waals surface area (Å²) in [5.41, 5.74) is 0.674. The molecule has 0 radical (unpaired) electrons. The number of carbonyl (C=O) groups is 2. The highest BCUT2D eigenvalue weighted by Gasteiger charge is 2.28. The molecule has 1 heterocycles. The molecule has 1 amide bonds. The Morgan fingerprint density at radius 2 is 2.11 bits per heavy atom. The van der Waals surface area contributed by atoms with Crippen molar-refractivity contribution in [2.24, 2.45) is 0 Å². The number of amides is 1. The highest BCUT2D eigenvalue weighted by Crippen LogP contribution is 2.14. The van der Waals surface area contributed by atoms with Crippen molar-refractivity contribution >= 4 is 17.6 Å². The van der Waals surface area contributed by atoms with Gasteiger partial charge < -0.3 is 14.8 Å². The normalized spacial score (nSPS) is 19.7. The summed E-state index contributed by atoms with van der Waals surface area (Å²) in [7, 11) is 0. The van der Waals surface area contributed by atoms with Gasteiger partial charge in [-0.25, -0.2) is 4.79 Å². The number of anilines is 1. The maximum Gasteiger partial charge on any atom is 0.336 e. The molecular formula is C14H17NO4. The summed E-state index contributed by atoms with van der Waals surface area (Å²) in [6.45, 7) is 2.12. The van der Waals surface area contributed by atoms with Crippen molar-refractivity contribution in [3.8, 4) is 0 Å². The number of para-hydroxylation sites is 1. The fourth-order valence-electron chi connectivity index (χ4n) is 1.83. The lowest BCUT2D eigenvalue weighted by molar-refractivity contribution is -0.162. The predicted molar refractivity (Wildman–Crippen MR) is 69.6 cm³/mol. The van der Waals surface area contributed by atoms with E-state index in [9.17, 15) is 9.59 Å². The summed E-state index contributed by atoms with van der Waals surface area (Å²) in [4.78, 5) is 23.5. The van der Waals surface area contributed by atoms with Crippen LogP contribution in [0.25, 0.3) is 0 Å². The molecule has 1 N–H and O–H groups in total. The molecule has 0 bridgehead atoms. The molecule has 1 fully saturated rings. The van der Waals surface area contributed by atoms with E-state index in [2.05, 4.69) is 5.32 Å². The molecular weight excluding hydrogens is 246 g/mol. The van der Waals surface area contributed by atoms with Crippen molar-refractivity contribution in [3.05, 3.63) is 30.3 Å². The first-order valence-electron chi connectivity index (χ1n) is 6.35. The van der Waals surface area contributed by atoms with E-state index < -0.39 is 18.2 Å². The quantitative estimate of drug-likeness (QED) is 0.840. The van der Waals surface area contributed by atoms with Gasteiger partial charge in [0, 0.05) is 12.3 Å². The number of ether oxygens (including phenoxy) is 2. The number of benzene rings is 1. The van der Waals surface area contributed by atoms with Gasteiger partial charge in [-0.05, 0) is 31.9 Å². The van der Waals surface area contributed by atoms with E-state index in [4.69, 9.17) is 9.47 Å². The second-order valence-corrected chi connectivity index (χ2v) is 4.44. The summed E-state index contributed by atoms with van der Waals surface area (Å²) >= 11 is 0. The van der Waals surface area contributed by atoms with E-state index in [0.29, 0.717) is 18.7 Å². The van der Waals surface area contributed by atoms with Gasteiger partial charge in [0.1, 0.15) is 0 Å². The standard InChI is InChI=1S/C14H17NO4/c1-10(19-14(17)12-8-5-9-18-12)13(16)15-11-6-3-2-4-7-11/h2-4,6-7,10,12H,5,8-9H2,1H3,(H,15,16)/t10-,12-/m0/s1. The first-order valence-corrected chi connectivity index (χ1v) is 6.35.